The maximum atomic E-state index is 2.28. The molecule has 0 amide bonds. The molecule has 0 fully saturated rings. The summed E-state index contributed by atoms with van der Waals surface area (Å²) in [6, 6.07) is 63.0. The number of rotatable bonds is 3. The van der Waals surface area contributed by atoms with Crippen LogP contribution in [0.15, 0.2) is 176 Å². The van der Waals surface area contributed by atoms with Gasteiger partial charge < -0.3 is 14.9 Å². The summed E-state index contributed by atoms with van der Waals surface area (Å²) in [7, 11) is 0.930. The van der Waals surface area contributed by atoms with E-state index in [-0.39, 0.29) is 40.7 Å². The van der Waals surface area contributed by atoms with Crippen LogP contribution in [0.1, 0.15) is 11.1 Å². The number of aryl methyl sites for hydroxylation is 2. The van der Waals surface area contributed by atoms with Crippen LogP contribution < -0.4 is 5.19 Å². The van der Waals surface area contributed by atoms with Gasteiger partial charge in [-0.25, -0.2) is 0 Å². The molecule has 0 N–H and O–H groups in total. The van der Waals surface area contributed by atoms with Crippen LogP contribution in [0.25, 0.3) is 65.3 Å². The van der Waals surface area contributed by atoms with E-state index >= 15 is 0 Å². The van der Waals surface area contributed by atoms with Crippen LogP contribution in [0, 0.1) is 28.7 Å². The molecule has 9 aromatic carbocycles. The second kappa shape index (κ2) is 18.0. The SMILES string of the molecule is C[Si]c1ccccc1.Cc1cc2c(-c3cccc4ccccc34)cccc2[cH-]1.Cc1cc2c(-c3cccc4ccccc34)cccc2[cH-]1.[CH3-].[CH3-].[Hf+4]. The third kappa shape index (κ3) is 8.64. The van der Waals surface area contributed by atoms with Gasteiger partial charge in [-0.3, -0.25) is 0 Å². The fourth-order valence-electron chi connectivity index (χ4n) is 6.76. The minimum atomic E-state index is 0. The zero-order valence-electron chi connectivity index (χ0n) is 30.2. The van der Waals surface area contributed by atoms with Crippen LogP contribution >= 0.6 is 0 Å². The summed E-state index contributed by atoms with van der Waals surface area (Å²) in [5, 5.41) is 12.0. The monoisotopic (exact) mass is 840 g/mol. The fourth-order valence-corrected chi connectivity index (χ4v) is 7.29. The smallest absolute Gasteiger partial charge is 0.358 e. The molecule has 0 saturated heterocycles. The predicted octanol–water partition coefficient (Wildman–Crippen LogP) is 13.3. The van der Waals surface area contributed by atoms with Gasteiger partial charge >= 0.3 is 25.8 Å². The van der Waals surface area contributed by atoms with Gasteiger partial charge in [-0.15, -0.1) is 69.1 Å². The first-order valence-corrected chi connectivity index (χ1v) is 18.1. The third-order valence-corrected chi connectivity index (χ3v) is 9.92. The molecule has 0 spiro atoms. The van der Waals surface area contributed by atoms with Crippen LogP contribution in [0.5, 0.6) is 0 Å². The molecule has 9 rings (SSSR count). The zero-order valence-corrected chi connectivity index (χ0v) is 34.8. The van der Waals surface area contributed by atoms with Crippen molar-refractivity contribution >= 4 is 57.8 Å². The second-order valence-electron chi connectivity index (χ2n) is 12.4. The Bertz CT molecular complexity index is 2300. The van der Waals surface area contributed by atoms with E-state index in [1.165, 1.54) is 81.7 Å². The van der Waals surface area contributed by atoms with Crippen LogP contribution in [-0.2, 0) is 25.8 Å². The Hall–Kier alpha value is -4.63. The zero-order chi connectivity index (χ0) is 32.9. The number of hydrogen-bond donors (Lipinski definition) is 0. The summed E-state index contributed by atoms with van der Waals surface area (Å²) < 4.78 is 0. The standard InChI is InChI=1S/2C20H15.C7H8Si.2CH3.Hf/c2*1-14-12-16-8-5-11-19(20(16)13-14)18-10-4-7-15-6-2-3-9-17(15)18;1-8-7-5-3-2-4-6-7;;;/h2*2-13H,1H3;2-6H,1H3;2*1H3;/q2*-1;;2*-1;+4. The quantitative estimate of drug-likeness (QED) is 0.123. The second-order valence-corrected chi connectivity index (χ2v) is 13.4. The Kier molecular flexibility index (Phi) is 13.8. The summed E-state index contributed by atoms with van der Waals surface area (Å²) in [6.45, 7) is 6.51. The minimum Gasteiger partial charge on any atom is -0.358 e. The minimum absolute atomic E-state index is 0. The topological polar surface area (TPSA) is 0 Å². The molecular weight excluding hydrogens is 795 g/mol. The summed E-state index contributed by atoms with van der Waals surface area (Å²) in [5.41, 5.74) is 7.94. The average Bonchev–Trinajstić information content (AvgIpc) is 3.73. The molecule has 0 nitrogen and oxygen atoms in total. The summed E-state index contributed by atoms with van der Waals surface area (Å²) in [4.78, 5) is 0. The molecule has 2 radical (unpaired) electrons. The van der Waals surface area contributed by atoms with Crippen molar-refractivity contribution < 1.29 is 25.8 Å². The molecule has 248 valence electrons. The van der Waals surface area contributed by atoms with Crippen LogP contribution in [0.4, 0.5) is 0 Å². The van der Waals surface area contributed by atoms with Gasteiger partial charge in [0.15, 0.2) is 0 Å². The molecule has 0 aliphatic rings. The van der Waals surface area contributed by atoms with E-state index in [0.29, 0.717) is 0 Å². The molecule has 0 aromatic heterocycles. The van der Waals surface area contributed by atoms with Gasteiger partial charge in [-0.2, -0.15) is 12.1 Å². The maximum absolute atomic E-state index is 2.28. The molecule has 9 aromatic rings. The van der Waals surface area contributed by atoms with Crippen LogP contribution in [0.2, 0.25) is 6.55 Å². The molecule has 0 atom stereocenters. The van der Waals surface area contributed by atoms with Crippen molar-refractivity contribution in [2.75, 3.05) is 0 Å². The van der Waals surface area contributed by atoms with Gasteiger partial charge in [0.2, 0.25) is 0 Å². The number of benzene rings is 7. The number of hydrogen-bond acceptors (Lipinski definition) is 0. The molecule has 0 aliphatic carbocycles. The van der Waals surface area contributed by atoms with Crippen molar-refractivity contribution in [3.63, 3.8) is 0 Å². The van der Waals surface area contributed by atoms with Gasteiger partial charge in [0.25, 0.3) is 0 Å². The molecule has 0 saturated carbocycles. The van der Waals surface area contributed by atoms with Crippen molar-refractivity contribution in [1.82, 2.24) is 0 Å². The first-order chi connectivity index (χ1) is 23.6. The van der Waals surface area contributed by atoms with E-state index in [1.54, 1.807) is 0 Å². The Morgan fingerprint density at radius 1 is 0.392 bits per heavy atom. The van der Waals surface area contributed by atoms with E-state index in [4.69, 9.17) is 0 Å². The molecule has 51 heavy (non-hydrogen) atoms. The van der Waals surface area contributed by atoms with Gasteiger partial charge in [0.1, 0.15) is 0 Å². The first kappa shape index (κ1) is 39.2. The molecule has 0 unspecified atom stereocenters. The molecule has 0 heterocycles. The van der Waals surface area contributed by atoms with Crippen molar-refractivity contribution in [2.24, 2.45) is 0 Å². The van der Waals surface area contributed by atoms with Crippen molar-refractivity contribution in [1.29, 1.82) is 0 Å². The van der Waals surface area contributed by atoms with E-state index in [0.717, 1.165) is 9.52 Å². The summed E-state index contributed by atoms with van der Waals surface area (Å²) in [6.07, 6.45) is 0. The normalized spacial score (nSPS) is 10.3. The first-order valence-electron chi connectivity index (χ1n) is 16.6. The van der Waals surface area contributed by atoms with Gasteiger partial charge in [-0.05, 0) is 32.7 Å². The molecule has 2 heteroatoms. The van der Waals surface area contributed by atoms with Gasteiger partial charge in [0.05, 0.1) is 9.52 Å². The van der Waals surface area contributed by atoms with E-state index in [1.807, 2.05) is 6.07 Å². The number of fused-ring (bicyclic) bond motifs is 4. The van der Waals surface area contributed by atoms with Gasteiger partial charge in [0, 0.05) is 0 Å². The van der Waals surface area contributed by atoms with E-state index in [9.17, 15) is 0 Å². The Morgan fingerprint density at radius 2 is 0.745 bits per heavy atom. The van der Waals surface area contributed by atoms with Crippen molar-refractivity contribution in [3.8, 4) is 22.3 Å². The van der Waals surface area contributed by atoms with Gasteiger partial charge in [-0.1, -0.05) is 164 Å². The Labute approximate surface area is 326 Å². The van der Waals surface area contributed by atoms with Crippen LogP contribution in [-0.4, -0.2) is 9.52 Å². The largest absolute Gasteiger partial charge is 4.00 e. The Balaban J connectivity index is 0.000000180. The van der Waals surface area contributed by atoms with Crippen molar-refractivity contribution in [2.45, 2.75) is 20.4 Å². The third-order valence-electron chi connectivity index (χ3n) is 9.01. The van der Waals surface area contributed by atoms with E-state index < -0.39 is 0 Å². The van der Waals surface area contributed by atoms with Crippen LogP contribution in [0.3, 0.4) is 0 Å². The molecule has 0 bridgehead atoms. The van der Waals surface area contributed by atoms with Crippen molar-refractivity contribution in [3.05, 3.63) is 202 Å². The molecular formula is C49H44HfSi. The summed E-state index contributed by atoms with van der Waals surface area (Å²) >= 11 is 0. The maximum Gasteiger partial charge on any atom is 4.00 e. The Morgan fingerprint density at radius 3 is 1.16 bits per heavy atom. The molecule has 0 aliphatic heterocycles. The van der Waals surface area contributed by atoms with E-state index in [2.05, 4.69) is 190 Å². The average molecular weight is 839 g/mol. The predicted molar refractivity (Wildman–Crippen MR) is 225 cm³/mol. The summed E-state index contributed by atoms with van der Waals surface area (Å²) in [5.74, 6) is 0. The fraction of sp³-hybridized carbons (Fsp3) is 0.0612.